The average molecular weight is 221 g/mol. The van der Waals surface area contributed by atoms with Crippen LogP contribution in [-0.2, 0) is 11.8 Å². The predicted octanol–water partition coefficient (Wildman–Crippen LogP) is 0.920. The van der Waals surface area contributed by atoms with Gasteiger partial charge in [-0.1, -0.05) is 0 Å². The molecule has 4 heteroatoms. The molecule has 0 spiro atoms. The summed E-state index contributed by atoms with van der Waals surface area (Å²) in [6.45, 7) is 4.13. The molecule has 1 fully saturated rings. The number of amides is 1. The molecule has 16 heavy (non-hydrogen) atoms. The fraction of sp³-hybridized carbons (Fsp3) is 0.583. The van der Waals surface area contributed by atoms with Gasteiger partial charge in [-0.2, -0.15) is 0 Å². The topological polar surface area (TPSA) is 60.1 Å². The monoisotopic (exact) mass is 221 g/mol. The summed E-state index contributed by atoms with van der Waals surface area (Å²) in [5.41, 5.74) is 9.61. The van der Waals surface area contributed by atoms with Gasteiger partial charge in [-0.05, 0) is 31.9 Å². The van der Waals surface area contributed by atoms with Crippen LogP contribution in [0.3, 0.4) is 0 Å². The fourth-order valence-electron chi connectivity index (χ4n) is 2.32. The van der Waals surface area contributed by atoms with Crippen LogP contribution in [-0.4, -0.2) is 16.5 Å². The summed E-state index contributed by atoms with van der Waals surface area (Å²) in [5, 5.41) is 2.99. The van der Waals surface area contributed by atoms with E-state index in [1.54, 1.807) is 0 Å². The van der Waals surface area contributed by atoms with Crippen LogP contribution in [0, 0.1) is 13.8 Å². The van der Waals surface area contributed by atoms with E-state index in [2.05, 4.69) is 29.8 Å². The highest BCUT2D eigenvalue weighted by Crippen LogP contribution is 2.27. The molecule has 2 rings (SSSR count). The normalized spacial score (nSPS) is 25.6. The van der Waals surface area contributed by atoms with Crippen LogP contribution in [0.1, 0.15) is 35.8 Å². The molecule has 2 unspecified atom stereocenters. The Hall–Kier alpha value is -1.29. The zero-order chi connectivity index (χ0) is 11.9. The van der Waals surface area contributed by atoms with Crippen molar-refractivity contribution in [3.05, 3.63) is 23.0 Å². The van der Waals surface area contributed by atoms with Gasteiger partial charge in [0, 0.05) is 30.9 Å². The highest BCUT2D eigenvalue weighted by molar-refractivity contribution is 5.77. The summed E-state index contributed by atoms with van der Waals surface area (Å²) in [4.78, 5) is 11.4. The molecule has 0 aliphatic carbocycles. The van der Waals surface area contributed by atoms with Crippen LogP contribution >= 0.6 is 0 Å². The molecule has 0 bridgehead atoms. The summed E-state index contributed by atoms with van der Waals surface area (Å²) in [5.74, 6) is 0.104. The van der Waals surface area contributed by atoms with E-state index in [9.17, 15) is 4.79 Å². The predicted molar refractivity (Wildman–Crippen MR) is 63.0 cm³/mol. The third-order valence-corrected chi connectivity index (χ3v) is 3.60. The molecule has 0 aromatic carbocycles. The molecule has 1 aromatic heterocycles. The molecular weight excluding hydrogens is 202 g/mol. The van der Waals surface area contributed by atoms with Crippen molar-refractivity contribution < 1.29 is 4.79 Å². The van der Waals surface area contributed by atoms with Crippen molar-refractivity contribution in [2.45, 2.75) is 38.8 Å². The molecule has 2 heterocycles. The SMILES string of the molecule is Cc1cc(C2NC(=O)CCC2N)c(C)n1C. The number of hydrogen-bond acceptors (Lipinski definition) is 2. The number of nitrogens with two attached hydrogens (primary N) is 1. The Morgan fingerprint density at radius 2 is 2.19 bits per heavy atom. The lowest BCUT2D eigenvalue weighted by Crippen LogP contribution is -2.45. The van der Waals surface area contributed by atoms with E-state index in [1.165, 1.54) is 11.4 Å². The maximum Gasteiger partial charge on any atom is 0.220 e. The summed E-state index contributed by atoms with van der Waals surface area (Å²) in [6.07, 6.45) is 1.31. The number of nitrogens with one attached hydrogen (secondary N) is 1. The van der Waals surface area contributed by atoms with Gasteiger partial charge in [-0.25, -0.2) is 0 Å². The Kier molecular flexibility index (Phi) is 2.76. The molecule has 1 aliphatic rings. The van der Waals surface area contributed by atoms with Crippen molar-refractivity contribution in [1.29, 1.82) is 0 Å². The third kappa shape index (κ3) is 1.73. The molecule has 0 saturated carbocycles. The summed E-state index contributed by atoms with van der Waals surface area (Å²) in [7, 11) is 2.03. The second-order valence-electron chi connectivity index (χ2n) is 4.63. The van der Waals surface area contributed by atoms with Gasteiger partial charge in [0.15, 0.2) is 0 Å². The van der Waals surface area contributed by atoms with Gasteiger partial charge in [-0.3, -0.25) is 4.79 Å². The lowest BCUT2D eigenvalue weighted by atomic mass is 9.93. The Labute approximate surface area is 95.8 Å². The maximum absolute atomic E-state index is 11.4. The van der Waals surface area contributed by atoms with Gasteiger partial charge in [0.05, 0.1) is 6.04 Å². The van der Waals surface area contributed by atoms with E-state index in [0.29, 0.717) is 6.42 Å². The van der Waals surface area contributed by atoms with Crippen molar-refractivity contribution in [1.82, 2.24) is 9.88 Å². The van der Waals surface area contributed by atoms with Crippen LogP contribution in [0.2, 0.25) is 0 Å². The van der Waals surface area contributed by atoms with Crippen molar-refractivity contribution in [2.75, 3.05) is 0 Å². The first kappa shape index (κ1) is 11.2. The summed E-state index contributed by atoms with van der Waals surface area (Å²) >= 11 is 0. The van der Waals surface area contributed by atoms with E-state index in [1.807, 2.05) is 7.05 Å². The van der Waals surface area contributed by atoms with Crippen LogP contribution in [0.25, 0.3) is 0 Å². The molecular formula is C12H19N3O. The zero-order valence-corrected chi connectivity index (χ0v) is 10.1. The Morgan fingerprint density at radius 3 is 2.75 bits per heavy atom. The molecule has 2 atom stereocenters. The second kappa shape index (κ2) is 3.94. The molecule has 3 N–H and O–H groups in total. The Balaban J connectivity index is 2.35. The van der Waals surface area contributed by atoms with E-state index < -0.39 is 0 Å². The van der Waals surface area contributed by atoms with Crippen LogP contribution < -0.4 is 11.1 Å². The van der Waals surface area contributed by atoms with Crippen molar-refractivity contribution >= 4 is 5.91 Å². The summed E-state index contributed by atoms with van der Waals surface area (Å²) in [6, 6.07) is 2.12. The van der Waals surface area contributed by atoms with Gasteiger partial charge < -0.3 is 15.6 Å². The molecule has 4 nitrogen and oxygen atoms in total. The van der Waals surface area contributed by atoms with E-state index >= 15 is 0 Å². The number of hydrogen-bond donors (Lipinski definition) is 2. The lowest BCUT2D eigenvalue weighted by Gasteiger charge is -2.29. The molecule has 1 saturated heterocycles. The largest absolute Gasteiger partial charge is 0.352 e. The molecule has 1 aliphatic heterocycles. The number of aromatic nitrogens is 1. The minimum absolute atomic E-state index is 0.0261. The van der Waals surface area contributed by atoms with Gasteiger partial charge in [0.2, 0.25) is 5.91 Å². The maximum atomic E-state index is 11.4. The van der Waals surface area contributed by atoms with Crippen molar-refractivity contribution in [3.63, 3.8) is 0 Å². The standard InChI is InChI=1S/C12H19N3O/c1-7-6-9(8(2)15(7)3)12-10(13)4-5-11(16)14-12/h6,10,12H,4-5,13H2,1-3H3,(H,14,16). The van der Waals surface area contributed by atoms with E-state index in [-0.39, 0.29) is 18.0 Å². The molecule has 88 valence electrons. The third-order valence-electron chi connectivity index (χ3n) is 3.60. The van der Waals surface area contributed by atoms with E-state index in [0.717, 1.165) is 12.0 Å². The number of carbonyl (C=O) groups excluding carboxylic acids is 1. The number of carbonyl (C=O) groups is 1. The average Bonchev–Trinajstić information content (AvgIpc) is 2.50. The van der Waals surface area contributed by atoms with Crippen LogP contribution in [0.4, 0.5) is 0 Å². The van der Waals surface area contributed by atoms with Crippen molar-refractivity contribution in [3.8, 4) is 0 Å². The first-order valence-electron chi connectivity index (χ1n) is 5.68. The number of piperidine rings is 1. The van der Waals surface area contributed by atoms with Gasteiger partial charge in [-0.15, -0.1) is 0 Å². The zero-order valence-electron chi connectivity index (χ0n) is 10.1. The number of rotatable bonds is 1. The van der Waals surface area contributed by atoms with Crippen LogP contribution in [0.15, 0.2) is 6.07 Å². The minimum atomic E-state index is -0.0267. The van der Waals surface area contributed by atoms with E-state index in [4.69, 9.17) is 5.73 Å². The fourth-order valence-corrected chi connectivity index (χ4v) is 2.32. The smallest absolute Gasteiger partial charge is 0.220 e. The lowest BCUT2D eigenvalue weighted by molar-refractivity contribution is -0.123. The molecule has 1 aromatic rings. The van der Waals surface area contributed by atoms with Crippen molar-refractivity contribution in [2.24, 2.45) is 12.8 Å². The molecule has 0 radical (unpaired) electrons. The number of nitrogens with zero attached hydrogens (tertiary/aromatic N) is 1. The number of aryl methyl sites for hydroxylation is 1. The van der Waals surface area contributed by atoms with Gasteiger partial charge in [0.1, 0.15) is 0 Å². The minimum Gasteiger partial charge on any atom is -0.352 e. The molecule has 1 amide bonds. The quantitative estimate of drug-likeness (QED) is 0.741. The Bertz CT molecular complexity index is 422. The first-order chi connectivity index (χ1) is 7.50. The Morgan fingerprint density at radius 1 is 1.50 bits per heavy atom. The van der Waals surface area contributed by atoms with Gasteiger partial charge >= 0.3 is 0 Å². The highest BCUT2D eigenvalue weighted by Gasteiger charge is 2.29. The van der Waals surface area contributed by atoms with Crippen LogP contribution in [0.5, 0.6) is 0 Å². The summed E-state index contributed by atoms with van der Waals surface area (Å²) < 4.78 is 2.13. The van der Waals surface area contributed by atoms with Gasteiger partial charge in [0.25, 0.3) is 0 Å². The second-order valence-corrected chi connectivity index (χ2v) is 4.63. The highest BCUT2D eigenvalue weighted by atomic mass is 16.1. The first-order valence-corrected chi connectivity index (χ1v) is 5.68.